The fourth-order valence-electron chi connectivity index (χ4n) is 2.23. The van der Waals surface area contributed by atoms with Gasteiger partial charge in [0.1, 0.15) is 0 Å². The quantitative estimate of drug-likeness (QED) is 0.591. The largest absolute Gasteiger partial charge is 0.305 e. The van der Waals surface area contributed by atoms with Crippen LogP contribution in [0.5, 0.6) is 0 Å². The van der Waals surface area contributed by atoms with Crippen LogP contribution in [0.25, 0.3) is 11.0 Å². The van der Waals surface area contributed by atoms with Crippen LogP contribution in [0.4, 0.5) is 11.5 Å². The number of aromatic nitrogens is 3. The van der Waals surface area contributed by atoms with Gasteiger partial charge in [0.2, 0.25) is 0 Å². The van der Waals surface area contributed by atoms with Crippen molar-refractivity contribution in [3.63, 3.8) is 0 Å². The second-order valence-electron chi connectivity index (χ2n) is 5.05. The molecule has 8 heteroatoms. The molecule has 0 unspecified atom stereocenters. The molecule has 2 heterocycles. The van der Waals surface area contributed by atoms with Crippen LogP contribution < -0.4 is 5.32 Å². The number of benzene rings is 1. The van der Waals surface area contributed by atoms with Crippen LogP contribution in [0.1, 0.15) is 16.1 Å². The number of hydrogen-bond donors (Lipinski definition) is 1. The highest BCUT2D eigenvalue weighted by Crippen LogP contribution is 2.22. The lowest BCUT2D eigenvalue weighted by molar-refractivity contribution is -0.384. The highest BCUT2D eigenvalue weighted by molar-refractivity contribution is 6.07. The molecule has 2 aromatic heterocycles. The molecule has 3 aromatic rings. The molecular weight excluding hydrogens is 298 g/mol. The van der Waals surface area contributed by atoms with E-state index in [-0.39, 0.29) is 11.6 Å². The van der Waals surface area contributed by atoms with E-state index < -0.39 is 4.92 Å². The van der Waals surface area contributed by atoms with Gasteiger partial charge in [0.05, 0.1) is 10.3 Å². The summed E-state index contributed by atoms with van der Waals surface area (Å²) in [5.41, 5.74) is 1.77. The van der Waals surface area contributed by atoms with Gasteiger partial charge in [-0.15, -0.1) is 0 Å². The monoisotopic (exact) mass is 311 g/mol. The maximum atomic E-state index is 12.3. The number of fused-ring (bicyclic) bond motifs is 1. The summed E-state index contributed by atoms with van der Waals surface area (Å²) < 4.78 is 1.59. The number of carbonyl (C=O) groups excluding carboxylic acids is 1. The van der Waals surface area contributed by atoms with Crippen molar-refractivity contribution in [1.29, 1.82) is 0 Å². The van der Waals surface area contributed by atoms with Crippen molar-refractivity contribution >= 4 is 28.4 Å². The zero-order valence-corrected chi connectivity index (χ0v) is 12.5. The Kier molecular flexibility index (Phi) is 3.49. The molecule has 0 bridgehead atoms. The SMILES string of the molecule is Cc1ccc2c(NC(=O)c3ccc([N+](=O)[O-])cc3)nn(C)c2n1. The van der Waals surface area contributed by atoms with Gasteiger partial charge in [-0.3, -0.25) is 14.9 Å². The Labute approximate surface area is 130 Å². The molecule has 1 aromatic carbocycles. The first kappa shape index (κ1) is 14.6. The molecule has 0 aliphatic carbocycles. The normalized spacial score (nSPS) is 10.7. The predicted molar refractivity (Wildman–Crippen MR) is 84.3 cm³/mol. The second-order valence-corrected chi connectivity index (χ2v) is 5.05. The van der Waals surface area contributed by atoms with Crippen molar-refractivity contribution in [3.8, 4) is 0 Å². The third-order valence-corrected chi connectivity index (χ3v) is 3.40. The van der Waals surface area contributed by atoms with Crippen molar-refractivity contribution in [2.45, 2.75) is 6.92 Å². The minimum absolute atomic E-state index is 0.0653. The van der Waals surface area contributed by atoms with Crippen molar-refractivity contribution < 1.29 is 9.72 Å². The van der Waals surface area contributed by atoms with Gasteiger partial charge in [-0.1, -0.05) is 0 Å². The van der Waals surface area contributed by atoms with E-state index in [9.17, 15) is 14.9 Å². The summed E-state index contributed by atoms with van der Waals surface area (Å²) in [6.07, 6.45) is 0. The lowest BCUT2D eigenvalue weighted by Gasteiger charge is -2.02. The average molecular weight is 311 g/mol. The highest BCUT2D eigenvalue weighted by Gasteiger charge is 2.15. The van der Waals surface area contributed by atoms with Gasteiger partial charge < -0.3 is 5.32 Å². The smallest absolute Gasteiger partial charge is 0.269 e. The summed E-state index contributed by atoms with van der Waals surface area (Å²) in [7, 11) is 1.75. The molecule has 0 radical (unpaired) electrons. The van der Waals surface area contributed by atoms with Gasteiger partial charge in [0.25, 0.3) is 11.6 Å². The predicted octanol–water partition coefficient (Wildman–Crippen LogP) is 2.44. The van der Waals surface area contributed by atoms with E-state index >= 15 is 0 Å². The first-order valence-corrected chi connectivity index (χ1v) is 6.82. The Morgan fingerprint density at radius 3 is 2.57 bits per heavy atom. The zero-order chi connectivity index (χ0) is 16.6. The molecule has 23 heavy (non-hydrogen) atoms. The molecule has 0 aliphatic rings. The number of nitrogens with one attached hydrogen (secondary N) is 1. The van der Waals surface area contributed by atoms with Gasteiger partial charge in [-0.05, 0) is 31.2 Å². The third-order valence-electron chi connectivity index (χ3n) is 3.40. The summed E-state index contributed by atoms with van der Waals surface area (Å²) in [4.78, 5) is 26.8. The zero-order valence-electron chi connectivity index (χ0n) is 12.5. The summed E-state index contributed by atoms with van der Waals surface area (Å²) in [5, 5.41) is 18.3. The van der Waals surface area contributed by atoms with Crippen molar-refractivity contribution in [2.24, 2.45) is 7.05 Å². The number of aryl methyl sites for hydroxylation is 2. The number of nitro groups is 1. The summed E-state index contributed by atoms with van der Waals surface area (Å²) in [5.74, 6) is 0.0128. The van der Waals surface area contributed by atoms with Crippen LogP contribution in [0.3, 0.4) is 0 Å². The van der Waals surface area contributed by atoms with E-state index in [1.54, 1.807) is 11.7 Å². The van der Waals surface area contributed by atoms with Gasteiger partial charge >= 0.3 is 0 Å². The maximum Gasteiger partial charge on any atom is 0.269 e. The molecule has 116 valence electrons. The lowest BCUT2D eigenvalue weighted by atomic mass is 10.2. The first-order chi connectivity index (χ1) is 11.0. The first-order valence-electron chi connectivity index (χ1n) is 6.82. The van der Waals surface area contributed by atoms with Crippen molar-refractivity contribution in [2.75, 3.05) is 5.32 Å². The third kappa shape index (κ3) is 2.73. The number of carbonyl (C=O) groups is 1. The number of hydrogen-bond acceptors (Lipinski definition) is 5. The summed E-state index contributed by atoms with van der Waals surface area (Å²) in [6, 6.07) is 9.07. The van der Waals surface area contributed by atoms with Gasteiger partial charge in [-0.25, -0.2) is 9.67 Å². The Morgan fingerprint density at radius 2 is 1.91 bits per heavy atom. The Bertz CT molecular complexity index is 915. The minimum Gasteiger partial charge on any atom is -0.305 e. The molecule has 8 nitrogen and oxygen atoms in total. The van der Waals surface area contributed by atoms with Crippen molar-refractivity contribution in [3.05, 3.63) is 57.8 Å². The van der Waals surface area contributed by atoms with Crippen LogP contribution in [0, 0.1) is 17.0 Å². The number of nitrogens with zero attached hydrogens (tertiary/aromatic N) is 4. The van der Waals surface area contributed by atoms with Gasteiger partial charge in [-0.2, -0.15) is 5.10 Å². The lowest BCUT2D eigenvalue weighted by Crippen LogP contribution is -2.12. The molecule has 0 saturated carbocycles. The van der Waals surface area contributed by atoms with E-state index in [2.05, 4.69) is 15.4 Å². The van der Waals surface area contributed by atoms with E-state index in [0.29, 0.717) is 17.0 Å². The second kappa shape index (κ2) is 5.48. The van der Waals surface area contributed by atoms with Crippen molar-refractivity contribution in [1.82, 2.24) is 14.8 Å². The maximum absolute atomic E-state index is 12.3. The van der Waals surface area contributed by atoms with Crippen LogP contribution >= 0.6 is 0 Å². The highest BCUT2D eigenvalue weighted by atomic mass is 16.6. The summed E-state index contributed by atoms with van der Waals surface area (Å²) in [6.45, 7) is 1.88. The topological polar surface area (TPSA) is 103 Å². The standard InChI is InChI=1S/C15H13N5O3/c1-9-3-8-12-13(18-19(2)14(12)16-9)17-15(21)10-4-6-11(7-5-10)20(22)23/h3-8H,1-2H3,(H,17,18,21). The molecule has 3 rings (SSSR count). The van der Waals surface area contributed by atoms with E-state index in [1.165, 1.54) is 24.3 Å². The molecule has 0 aliphatic heterocycles. The number of pyridine rings is 1. The number of non-ortho nitro benzene ring substituents is 1. The molecule has 0 saturated heterocycles. The molecule has 1 N–H and O–H groups in total. The van der Waals surface area contributed by atoms with E-state index in [4.69, 9.17) is 0 Å². The van der Waals surface area contributed by atoms with Gasteiger partial charge in [0.15, 0.2) is 11.5 Å². The van der Waals surface area contributed by atoms with E-state index in [1.807, 2.05) is 19.1 Å². The number of amides is 1. The molecule has 0 fully saturated rings. The number of rotatable bonds is 3. The molecular formula is C15H13N5O3. The van der Waals surface area contributed by atoms with Gasteiger partial charge in [0, 0.05) is 30.4 Å². The number of anilines is 1. The van der Waals surface area contributed by atoms with Crippen LogP contribution in [-0.2, 0) is 7.05 Å². The average Bonchev–Trinajstić information content (AvgIpc) is 2.83. The Morgan fingerprint density at radius 1 is 1.22 bits per heavy atom. The van der Waals surface area contributed by atoms with E-state index in [0.717, 1.165) is 11.1 Å². The Hall–Kier alpha value is -3.29. The van der Waals surface area contributed by atoms with Crippen LogP contribution in [0.2, 0.25) is 0 Å². The number of nitro benzene ring substituents is 1. The minimum atomic E-state index is -0.512. The fraction of sp³-hybridized carbons (Fsp3) is 0.133. The fourth-order valence-corrected chi connectivity index (χ4v) is 2.23. The molecule has 0 spiro atoms. The summed E-state index contributed by atoms with van der Waals surface area (Å²) >= 11 is 0. The molecule has 0 atom stereocenters. The Balaban J connectivity index is 1.89. The van der Waals surface area contributed by atoms with Crippen LogP contribution in [-0.4, -0.2) is 25.6 Å². The van der Waals surface area contributed by atoms with Crippen LogP contribution in [0.15, 0.2) is 36.4 Å². The molecule has 1 amide bonds.